The van der Waals surface area contributed by atoms with Gasteiger partial charge in [-0.2, -0.15) is 0 Å². The molecule has 2 rings (SSSR count). The van der Waals surface area contributed by atoms with Crippen LogP contribution in [0.5, 0.6) is 5.75 Å². The lowest BCUT2D eigenvalue weighted by atomic mass is 10.0. The fourth-order valence-corrected chi connectivity index (χ4v) is 1.97. The highest BCUT2D eigenvalue weighted by Gasteiger charge is 1.98. The van der Waals surface area contributed by atoms with Crippen LogP contribution in [0.2, 0.25) is 0 Å². The second kappa shape index (κ2) is 7.24. The molecule has 0 fully saturated rings. The molecule has 3 heteroatoms. The quantitative estimate of drug-likeness (QED) is 0.837. The van der Waals surface area contributed by atoms with Gasteiger partial charge in [-0.15, -0.1) is 12.4 Å². The third-order valence-electron chi connectivity index (χ3n) is 2.95. The number of ether oxygens (including phenoxy) is 1. The van der Waals surface area contributed by atoms with Crippen molar-refractivity contribution in [1.82, 2.24) is 5.32 Å². The first kappa shape index (κ1) is 14.8. The third kappa shape index (κ3) is 3.62. The van der Waals surface area contributed by atoms with Gasteiger partial charge in [-0.05, 0) is 48.0 Å². The fourth-order valence-electron chi connectivity index (χ4n) is 1.97. The van der Waals surface area contributed by atoms with E-state index in [-0.39, 0.29) is 12.4 Å². The Morgan fingerprint density at radius 3 is 2.50 bits per heavy atom. The Morgan fingerprint density at radius 2 is 1.78 bits per heavy atom. The largest absolute Gasteiger partial charge is 0.497 e. The van der Waals surface area contributed by atoms with E-state index in [2.05, 4.69) is 42.6 Å². The van der Waals surface area contributed by atoms with E-state index in [4.69, 9.17) is 4.74 Å². The van der Waals surface area contributed by atoms with Gasteiger partial charge in [0.2, 0.25) is 0 Å². The summed E-state index contributed by atoms with van der Waals surface area (Å²) in [5, 5.41) is 5.85. The van der Waals surface area contributed by atoms with E-state index < -0.39 is 0 Å². The van der Waals surface area contributed by atoms with E-state index in [9.17, 15) is 0 Å². The van der Waals surface area contributed by atoms with Crippen molar-refractivity contribution in [3.63, 3.8) is 0 Å². The number of likely N-dealkylation sites (N-methyl/N-ethyl adjacent to an activating group) is 1. The molecule has 0 unspecified atom stereocenters. The van der Waals surface area contributed by atoms with Crippen LogP contribution in [0.4, 0.5) is 0 Å². The van der Waals surface area contributed by atoms with Crippen molar-refractivity contribution in [2.24, 2.45) is 0 Å². The van der Waals surface area contributed by atoms with E-state index in [1.54, 1.807) is 7.11 Å². The average Bonchev–Trinajstić information content (AvgIpc) is 2.38. The molecule has 2 nitrogen and oxygen atoms in total. The van der Waals surface area contributed by atoms with Crippen molar-refractivity contribution in [1.29, 1.82) is 0 Å². The van der Waals surface area contributed by atoms with E-state index in [1.165, 1.54) is 16.3 Å². The summed E-state index contributed by atoms with van der Waals surface area (Å²) in [4.78, 5) is 0. The topological polar surface area (TPSA) is 21.3 Å². The van der Waals surface area contributed by atoms with Crippen molar-refractivity contribution in [2.75, 3.05) is 20.2 Å². The number of halogens is 1. The van der Waals surface area contributed by atoms with Gasteiger partial charge in [0.15, 0.2) is 0 Å². The molecule has 18 heavy (non-hydrogen) atoms. The van der Waals surface area contributed by atoms with Crippen LogP contribution < -0.4 is 10.1 Å². The van der Waals surface area contributed by atoms with E-state index in [0.717, 1.165) is 25.3 Å². The molecule has 2 aromatic carbocycles. The summed E-state index contributed by atoms with van der Waals surface area (Å²) in [6.07, 6.45) is 1.08. The molecular weight excluding hydrogens is 246 g/mol. The minimum Gasteiger partial charge on any atom is -0.497 e. The average molecular weight is 266 g/mol. The monoisotopic (exact) mass is 265 g/mol. The van der Waals surface area contributed by atoms with E-state index >= 15 is 0 Å². The molecule has 0 aliphatic rings. The maximum Gasteiger partial charge on any atom is 0.119 e. The van der Waals surface area contributed by atoms with Crippen LogP contribution in [0.25, 0.3) is 10.8 Å². The van der Waals surface area contributed by atoms with Gasteiger partial charge in [-0.25, -0.2) is 0 Å². The molecule has 2 aromatic rings. The lowest BCUT2D eigenvalue weighted by Crippen LogP contribution is -2.15. The van der Waals surface area contributed by atoms with Crippen molar-refractivity contribution < 1.29 is 4.74 Å². The maximum atomic E-state index is 5.22. The maximum absolute atomic E-state index is 5.22. The first-order valence-corrected chi connectivity index (χ1v) is 6.11. The Morgan fingerprint density at radius 1 is 1.06 bits per heavy atom. The van der Waals surface area contributed by atoms with Crippen LogP contribution in [0.15, 0.2) is 36.4 Å². The predicted molar refractivity (Wildman–Crippen MR) is 80.0 cm³/mol. The van der Waals surface area contributed by atoms with Crippen LogP contribution in [-0.2, 0) is 6.42 Å². The molecule has 0 aliphatic heterocycles. The van der Waals surface area contributed by atoms with Crippen LogP contribution >= 0.6 is 12.4 Å². The molecule has 0 aromatic heterocycles. The highest BCUT2D eigenvalue weighted by atomic mass is 35.5. The molecule has 0 saturated heterocycles. The molecule has 0 atom stereocenters. The number of methoxy groups -OCH3 is 1. The van der Waals surface area contributed by atoms with Gasteiger partial charge < -0.3 is 10.1 Å². The Balaban J connectivity index is 0.00000162. The van der Waals surface area contributed by atoms with Gasteiger partial charge in [0, 0.05) is 0 Å². The van der Waals surface area contributed by atoms with Gasteiger partial charge in [0.05, 0.1) is 7.11 Å². The lowest BCUT2D eigenvalue weighted by molar-refractivity contribution is 0.415. The third-order valence-corrected chi connectivity index (χ3v) is 2.95. The van der Waals surface area contributed by atoms with E-state index in [1.807, 2.05) is 6.07 Å². The van der Waals surface area contributed by atoms with Crippen LogP contribution in [0.3, 0.4) is 0 Å². The Kier molecular flexibility index (Phi) is 5.96. The first-order chi connectivity index (χ1) is 8.33. The number of fused-ring (bicyclic) bond motifs is 1. The summed E-state index contributed by atoms with van der Waals surface area (Å²) in [7, 11) is 1.70. The number of rotatable bonds is 5. The molecule has 0 aliphatic carbocycles. The lowest BCUT2D eigenvalue weighted by Gasteiger charge is -2.06. The highest BCUT2D eigenvalue weighted by Crippen LogP contribution is 2.21. The summed E-state index contributed by atoms with van der Waals surface area (Å²) >= 11 is 0. The van der Waals surface area contributed by atoms with Crippen LogP contribution in [-0.4, -0.2) is 20.2 Å². The highest BCUT2D eigenvalue weighted by molar-refractivity contribution is 5.85. The SMILES string of the molecule is CCNCCc1ccc2cc(OC)ccc2c1.Cl. The molecule has 0 amide bonds. The number of hydrogen-bond donors (Lipinski definition) is 1. The minimum atomic E-state index is 0. The summed E-state index contributed by atoms with van der Waals surface area (Å²) in [5.74, 6) is 0.915. The van der Waals surface area contributed by atoms with E-state index in [0.29, 0.717) is 0 Å². The molecule has 0 spiro atoms. The van der Waals surface area contributed by atoms with Gasteiger partial charge in [-0.1, -0.05) is 31.2 Å². The summed E-state index contributed by atoms with van der Waals surface area (Å²) in [6.45, 7) is 4.20. The second-order valence-electron chi connectivity index (χ2n) is 4.15. The minimum absolute atomic E-state index is 0. The smallest absolute Gasteiger partial charge is 0.119 e. The molecule has 0 heterocycles. The van der Waals surface area contributed by atoms with Crippen LogP contribution in [0.1, 0.15) is 12.5 Å². The first-order valence-electron chi connectivity index (χ1n) is 6.11. The summed E-state index contributed by atoms with van der Waals surface area (Å²) < 4.78 is 5.22. The molecular formula is C15H20ClNO. The zero-order chi connectivity index (χ0) is 12.1. The molecule has 0 bridgehead atoms. The summed E-state index contributed by atoms with van der Waals surface area (Å²) in [6, 6.07) is 12.8. The molecule has 1 N–H and O–H groups in total. The molecule has 0 radical (unpaired) electrons. The Labute approximate surface area is 115 Å². The normalized spacial score (nSPS) is 10.1. The fraction of sp³-hybridized carbons (Fsp3) is 0.333. The molecule has 98 valence electrons. The number of benzene rings is 2. The number of hydrogen-bond acceptors (Lipinski definition) is 2. The Hall–Kier alpha value is -1.25. The predicted octanol–water partition coefficient (Wildman–Crippen LogP) is 3.42. The molecule has 0 saturated carbocycles. The van der Waals surface area contributed by atoms with Gasteiger partial charge >= 0.3 is 0 Å². The zero-order valence-corrected chi connectivity index (χ0v) is 11.7. The zero-order valence-electron chi connectivity index (χ0n) is 10.9. The second-order valence-corrected chi connectivity index (χ2v) is 4.15. The van der Waals surface area contributed by atoms with Crippen molar-refractivity contribution in [3.8, 4) is 5.75 Å². The summed E-state index contributed by atoms with van der Waals surface area (Å²) in [5.41, 5.74) is 1.38. The Bertz CT molecular complexity index is 499. The van der Waals surface area contributed by atoms with Crippen molar-refractivity contribution in [2.45, 2.75) is 13.3 Å². The van der Waals surface area contributed by atoms with Gasteiger partial charge in [0.1, 0.15) is 5.75 Å². The number of nitrogens with one attached hydrogen (secondary N) is 1. The van der Waals surface area contributed by atoms with Crippen molar-refractivity contribution in [3.05, 3.63) is 42.0 Å². The van der Waals surface area contributed by atoms with Crippen LogP contribution in [0, 0.1) is 0 Å². The standard InChI is InChI=1S/C15H19NO.ClH/c1-3-16-9-8-12-4-5-14-11-15(17-2)7-6-13(14)10-12;/h4-7,10-11,16H,3,8-9H2,1-2H3;1H. The van der Waals surface area contributed by atoms with Gasteiger partial charge in [0.25, 0.3) is 0 Å². The van der Waals surface area contributed by atoms with Crippen molar-refractivity contribution >= 4 is 23.2 Å². The van der Waals surface area contributed by atoms with Gasteiger partial charge in [-0.3, -0.25) is 0 Å².